The highest BCUT2D eigenvalue weighted by Gasteiger charge is 2.49. The molecular weight excluding hydrogens is 633 g/mol. The predicted octanol–water partition coefficient (Wildman–Crippen LogP) is 8.24. The van der Waals surface area contributed by atoms with E-state index in [1.807, 2.05) is 12.1 Å². The minimum Gasteiger partial charge on any atom is -0.444 e. The number of hydrogen-bond donors (Lipinski definition) is 0. The molecule has 0 amide bonds. The summed E-state index contributed by atoms with van der Waals surface area (Å²) in [7, 11) is 0. The van der Waals surface area contributed by atoms with Crippen LogP contribution in [0.15, 0.2) is 54.6 Å². The standard InChI is InChI=1S/C38H43ClFN3O5/c1-36(2)37(3,4)48-35(47-36)24-9-12-31-30(19-24)41-33(43(31)21-26-15-18-44-26)22-42-16-13-23(14-17-42)27-7-6-8-32-34(27)46-38(5,45-32)28-11-10-25(39)20-29(28)40/h6-12,19-20,23,26,35H,13-18,21-22H2,1-5H3. The Morgan fingerprint density at radius 3 is 2.35 bits per heavy atom. The molecule has 5 heterocycles. The summed E-state index contributed by atoms with van der Waals surface area (Å²) in [6.07, 6.45) is 2.77. The molecule has 4 aliphatic rings. The summed E-state index contributed by atoms with van der Waals surface area (Å²) >= 11 is 6.01. The molecule has 0 radical (unpaired) electrons. The number of rotatable bonds is 7. The first-order valence-corrected chi connectivity index (χ1v) is 17.4. The molecule has 0 aliphatic carbocycles. The number of likely N-dealkylation sites (tertiary alicyclic amines) is 1. The number of para-hydroxylation sites is 1. The van der Waals surface area contributed by atoms with Crippen molar-refractivity contribution in [1.29, 1.82) is 0 Å². The van der Waals surface area contributed by atoms with Gasteiger partial charge in [-0.15, -0.1) is 0 Å². The van der Waals surface area contributed by atoms with E-state index in [2.05, 4.69) is 61.4 Å². The second-order valence-corrected chi connectivity index (χ2v) is 15.2. The lowest BCUT2D eigenvalue weighted by Gasteiger charge is -2.33. The minimum atomic E-state index is -1.26. The number of imidazole rings is 1. The first-order chi connectivity index (χ1) is 22.9. The number of fused-ring (bicyclic) bond motifs is 2. The van der Waals surface area contributed by atoms with Crippen LogP contribution in [0.2, 0.25) is 5.02 Å². The van der Waals surface area contributed by atoms with Crippen LogP contribution in [0.5, 0.6) is 11.5 Å². The fourth-order valence-corrected chi connectivity index (χ4v) is 7.48. The fraction of sp³-hybridized carbons (Fsp3) is 0.500. The Morgan fingerprint density at radius 1 is 0.917 bits per heavy atom. The Hall–Kier alpha value is -3.21. The van der Waals surface area contributed by atoms with Gasteiger partial charge in [-0.25, -0.2) is 9.37 Å². The summed E-state index contributed by atoms with van der Waals surface area (Å²) in [5.74, 6) is 0.961. The molecule has 0 N–H and O–H groups in total. The number of halogens is 2. The quantitative estimate of drug-likeness (QED) is 0.195. The molecule has 3 fully saturated rings. The van der Waals surface area contributed by atoms with Crippen molar-refractivity contribution in [2.24, 2.45) is 0 Å². The molecule has 0 saturated carbocycles. The summed E-state index contributed by atoms with van der Waals surface area (Å²) in [5, 5.41) is 0.334. The van der Waals surface area contributed by atoms with Gasteiger partial charge in [0.2, 0.25) is 0 Å². The third-order valence-corrected chi connectivity index (χ3v) is 11.2. The summed E-state index contributed by atoms with van der Waals surface area (Å²) in [6, 6.07) is 17.0. The van der Waals surface area contributed by atoms with E-state index in [9.17, 15) is 4.39 Å². The van der Waals surface area contributed by atoms with Crippen molar-refractivity contribution in [2.45, 2.75) is 102 Å². The molecule has 3 saturated heterocycles. The van der Waals surface area contributed by atoms with Gasteiger partial charge in [0, 0.05) is 29.7 Å². The van der Waals surface area contributed by atoms with Gasteiger partial charge >= 0.3 is 0 Å². The number of piperidine rings is 1. The molecule has 4 aromatic rings. The van der Waals surface area contributed by atoms with Gasteiger partial charge in [-0.05, 0) is 102 Å². The van der Waals surface area contributed by atoms with E-state index in [1.54, 1.807) is 19.1 Å². The summed E-state index contributed by atoms with van der Waals surface area (Å²) < 4.78 is 48.4. The number of nitrogens with zero attached hydrogens (tertiary/aromatic N) is 3. The molecule has 0 spiro atoms. The van der Waals surface area contributed by atoms with Crippen molar-refractivity contribution < 1.29 is 28.1 Å². The molecule has 8 nitrogen and oxygen atoms in total. The van der Waals surface area contributed by atoms with Crippen LogP contribution < -0.4 is 9.47 Å². The van der Waals surface area contributed by atoms with E-state index in [0.717, 1.165) is 80.0 Å². The summed E-state index contributed by atoms with van der Waals surface area (Å²) in [4.78, 5) is 7.67. The predicted molar refractivity (Wildman–Crippen MR) is 181 cm³/mol. The second kappa shape index (κ2) is 11.7. The highest BCUT2D eigenvalue weighted by molar-refractivity contribution is 6.30. The van der Waals surface area contributed by atoms with Gasteiger partial charge in [-0.3, -0.25) is 4.90 Å². The van der Waals surface area contributed by atoms with Crippen LogP contribution in [0.4, 0.5) is 4.39 Å². The third-order valence-electron chi connectivity index (χ3n) is 11.0. The molecule has 0 bridgehead atoms. The Bertz CT molecular complexity index is 1850. The minimum absolute atomic E-state index is 0.212. The van der Waals surface area contributed by atoms with Gasteiger partial charge < -0.3 is 28.3 Å². The topological polar surface area (TPSA) is 67.2 Å². The molecule has 2 unspecified atom stereocenters. The molecule has 254 valence electrons. The zero-order valence-corrected chi connectivity index (χ0v) is 29.0. The van der Waals surface area contributed by atoms with Gasteiger partial charge in [0.25, 0.3) is 5.79 Å². The molecule has 3 aromatic carbocycles. The highest BCUT2D eigenvalue weighted by Crippen LogP contribution is 2.50. The van der Waals surface area contributed by atoms with E-state index in [0.29, 0.717) is 28.0 Å². The number of benzene rings is 3. The molecule has 10 heteroatoms. The van der Waals surface area contributed by atoms with Crippen LogP contribution in [-0.2, 0) is 33.1 Å². The molecule has 8 rings (SSSR count). The SMILES string of the molecule is CC1(c2ccc(Cl)cc2F)Oc2cccc(C3CCN(Cc4nc5cc(C6OC(C)(C)C(C)(C)O6)ccc5n4CC4CCO4)CC3)c2O1. The molecule has 4 aliphatic heterocycles. The Morgan fingerprint density at radius 2 is 1.67 bits per heavy atom. The second-order valence-electron chi connectivity index (χ2n) is 14.8. The van der Waals surface area contributed by atoms with E-state index >= 15 is 0 Å². The van der Waals surface area contributed by atoms with Crippen molar-refractivity contribution >= 4 is 22.6 Å². The van der Waals surface area contributed by atoms with Crippen molar-refractivity contribution in [3.8, 4) is 11.5 Å². The lowest BCUT2D eigenvalue weighted by atomic mass is 9.88. The Balaban J connectivity index is 0.991. The molecule has 48 heavy (non-hydrogen) atoms. The van der Waals surface area contributed by atoms with Crippen molar-refractivity contribution in [3.05, 3.63) is 88.0 Å². The van der Waals surface area contributed by atoms with Crippen LogP contribution in [0.3, 0.4) is 0 Å². The fourth-order valence-electron chi connectivity index (χ4n) is 7.32. The first-order valence-electron chi connectivity index (χ1n) is 17.0. The van der Waals surface area contributed by atoms with Gasteiger partial charge in [-0.2, -0.15) is 0 Å². The average Bonchev–Trinajstić information content (AvgIpc) is 3.61. The van der Waals surface area contributed by atoms with Gasteiger partial charge in [0.15, 0.2) is 17.8 Å². The van der Waals surface area contributed by atoms with Crippen molar-refractivity contribution in [1.82, 2.24) is 14.5 Å². The highest BCUT2D eigenvalue weighted by atomic mass is 35.5. The largest absolute Gasteiger partial charge is 0.444 e. The number of hydrogen-bond acceptors (Lipinski definition) is 7. The van der Waals surface area contributed by atoms with E-state index in [1.165, 1.54) is 6.07 Å². The molecular formula is C38H43ClFN3O5. The molecule has 2 atom stereocenters. The Labute approximate surface area is 286 Å². The normalized spacial score (nSPS) is 25.5. The smallest absolute Gasteiger partial charge is 0.278 e. The van der Waals surface area contributed by atoms with Crippen LogP contribution in [-0.4, -0.2) is 51.5 Å². The van der Waals surface area contributed by atoms with Gasteiger partial charge in [0.05, 0.1) is 47.0 Å². The van der Waals surface area contributed by atoms with E-state index in [-0.39, 0.29) is 6.10 Å². The van der Waals surface area contributed by atoms with Crippen LogP contribution >= 0.6 is 11.6 Å². The number of ether oxygens (including phenoxy) is 5. The first kappa shape index (κ1) is 32.0. The molecule has 1 aromatic heterocycles. The third kappa shape index (κ3) is 5.57. The van der Waals surface area contributed by atoms with Gasteiger partial charge in [0.1, 0.15) is 11.6 Å². The maximum Gasteiger partial charge on any atom is 0.278 e. The van der Waals surface area contributed by atoms with E-state index in [4.69, 9.17) is 40.3 Å². The van der Waals surface area contributed by atoms with Crippen LogP contribution in [0.25, 0.3) is 11.0 Å². The van der Waals surface area contributed by atoms with E-state index < -0.39 is 29.1 Å². The zero-order chi connectivity index (χ0) is 33.4. The number of aromatic nitrogens is 2. The van der Waals surface area contributed by atoms with Gasteiger partial charge in [-0.1, -0.05) is 29.8 Å². The maximum atomic E-state index is 14.9. The monoisotopic (exact) mass is 675 g/mol. The zero-order valence-electron chi connectivity index (χ0n) is 28.2. The van der Waals surface area contributed by atoms with Crippen molar-refractivity contribution in [2.75, 3.05) is 19.7 Å². The summed E-state index contributed by atoms with van der Waals surface area (Å²) in [5.41, 5.74) is 3.65. The average molecular weight is 676 g/mol. The summed E-state index contributed by atoms with van der Waals surface area (Å²) in [6.45, 7) is 14.2. The van der Waals surface area contributed by atoms with Crippen LogP contribution in [0, 0.1) is 5.82 Å². The maximum absolute atomic E-state index is 14.9. The lowest BCUT2D eigenvalue weighted by Crippen LogP contribution is -2.41. The Kier molecular flexibility index (Phi) is 7.80. The van der Waals surface area contributed by atoms with Crippen LogP contribution in [0.1, 0.15) is 88.6 Å². The lowest BCUT2D eigenvalue weighted by molar-refractivity contribution is -0.0895. The van der Waals surface area contributed by atoms with Crippen molar-refractivity contribution in [3.63, 3.8) is 0 Å².